The number of anilines is 1. The van der Waals surface area contributed by atoms with Crippen molar-refractivity contribution in [3.05, 3.63) is 42.0 Å². The van der Waals surface area contributed by atoms with Gasteiger partial charge in [-0.1, -0.05) is 57.9 Å². The topological polar surface area (TPSA) is 100 Å². The maximum atomic E-state index is 14.2. The Morgan fingerprint density at radius 3 is 2.49 bits per heavy atom. The standard InChI is InChI=1S/C32H44N4O5/c1-20(2)22-8-10-23(11-9-22)33-29(37)26-25-12-13-32(41-25)27(26)31(39)36(15-14-35-16-18-40-19-17-35)28(32)30(38)34-24-7-5-4-6-21(24)3/h8-13,20-21,24-28H,4-7,14-19H2,1-3H3,(H,33,37)(H,34,38)/t21-,24+,25-,26+,27-,28-,32-/m0/s1. The lowest BCUT2D eigenvalue weighted by Crippen LogP contribution is -2.58. The van der Waals surface area contributed by atoms with E-state index in [2.05, 4.69) is 36.3 Å². The Labute approximate surface area is 243 Å². The number of likely N-dealkylation sites (tertiary alicyclic amines) is 1. The number of carbonyl (C=O) groups excluding carboxylic acids is 3. The van der Waals surface area contributed by atoms with Gasteiger partial charge in [0.25, 0.3) is 0 Å². The van der Waals surface area contributed by atoms with Gasteiger partial charge in [0.15, 0.2) is 0 Å². The molecule has 2 bridgehead atoms. The first-order chi connectivity index (χ1) is 19.8. The molecule has 0 radical (unpaired) electrons. The fourth-order valence-corrected chi connectivity index (χ4v) is 7.55. The molecule has 0 aromatic heterocycles. The minimum Gasteiger partial charge on any atom is -0.379 e. The van der Waals surface area contributed by atoms with Crippen molar-refractivity contribution in [2.45, 2.75) is 76.2 Å². The van der Waals surface area contributed by atoms with Crippen molar-refractivity contribution in [2.75, 3.05) is 44.7 Å². The Kier molecular flexibility index (Phi) is 7.96. The summed E-state index contributed by atoms with van der Waals surface area (Å²) in [5.41, 5.74) is 0.740. The Bertz CT molecular complexity index is 1180. The van der Waals surface area contributed by atoms with Crippen LogP contribution in [0, 0.1) is 17.8 Å². The molecule has 7 atom stereocenters. The van der Waals surface area contributed by atoms with Gasteiger partial charge in [0, 0.05) is 37.9 Å². The molecule has 3 saturated heterocycles. The third kappa shape index (κ3) is 5.21. The van der Waals surface area contributed by atoms with Crippen molar-refractivity contribution in [3.63, 3.8) is 0 Å². The molecule has 1 spiro atoms. The molecular formula is C32H44N4O5. The van der Waals surface area contributed by atoms with Gasteiger partial charge in [-0.2, -0.15) is 0 Å². The average molecular weight is 565 g/mol. The highest BCUT2D eigenvalue weighted by atomic mass is 16.5. The molecule has 3 amide bonds. The van der Waals surface area contributed by atoms with Crippen LogP contribution in [-0.4, -0.2) is 90.7 Å². The molecule has 1 aromatic rings. The van der Waals surface area contributed by atoms with Crippen molar-refractivity contribution >= 4 is 23.4 Å². The first-order valence-electron chi connectivity index (χ1n) is 15.5. The monoisotopic (exact) mass is 564 g/mol. The van der Waals surface area contributed by atoms with E-state index in [4.69, 9.17) is 9.47 Å². The molecule has 1 aliphatic carbocycles. The number of morpholine rings is 1. The molecule has 1 aromatic carbocycles. The Morgan fingerprint density at radius 1 is 1.05 bits per heavy atom. The molecule has 5 aliphatic rings. The van der Waals surface area contributed by atoms with Crippen molar-refractivity contribution in [3.8, 4) is 0 Å². The fraction of sp³-hybridized carbons (Fsp3) is 0.656. The fourth-order valence-electron chi connectivity index (χ4n) is 7.55. The number of nitrogens with one attached hydrogen (secondary N) is 2. The van der Waals surface area contributed by atoms with E-state index in [0.29, 0.717) is 43.8 Å². The van der Waals surface area contributed by atoms with Crippen molar-refractivity contribution in [2.24, 2.45) is 17.8 Å². The summed E-state index contributed by atoms with van der Waals surface area (Å²) in [5.74, 6) is -1.24. The largest absolute Gasteiger partial charge is 0.379 e. The van der Waals surface area contributed by atoms with E-state index < -0.39 is 29.6 Å². The molecule has 222 valence electrons. The second kappa shape index (κ2) is 11.5. The molecular weight excluding hydrogens is 520 g/mol. The Balaban J connectivity index is 1.25. The van der Waals surface area contributed by atoms with Crippen molar-refractivity contribution in [1.82, 2.24) is 15.1 Å². The number of carbonyl (C=O) groups is 3. The van der Waals surface area contributed by atoms with Gasteiger partial charge in [-0.15, -0.1) is 0 Å². The highest BCUT2D eigenvalue weighted by Crippen LogP contribution is 2.55. The first-order valence-corrected chi connectivity index (χ1v) is 15.5. The van der Waals surface area contributed by atoms with Gasteiger partial charge in [0.2, 0.25) is 17.7 Å². The smallest absolute Gasteiger partial charge is 0.246 e. The predicted molar refractivity (Wildman–Crippen MR) is 155 cm³/mol. The highest BCUT2D eigenvalue weighted by Gasteiger charge is 2.72. The van der Waals surface area contributed by atoms with Gasteiger partial charge < -0.3 is 25.0 Å². The first kappa shape index (κ1) is 28.4. The zero-order valence-electron chi connectivity index (χ0n) is 24.5. The van der Waals surface area contributed by atoms with Crippen LogP contribution >= 0.6 is 0 Å². The number of amides is 3. The maximum Gasteiger partial charge on any atom is 0.246 e. The lowest BCUT2D eigenvalue weighted by atomic mass is 9.74. The van der Waals surface area contributed by atoms with Crippen LogP contribution in [0.4, 0.5) is 5.69 Å². The van der Waals surface area contributed by atoms with Crippen LogP contribution < -0.4 is 10.6 Å². The van der Waals surface area contributed by atoms with E-state index in [0.717, 1.165) is 32.4 Å². The molecule has 2 N–H and O–H groups in total. The molecule has 41 heavy (non-hydrogen) atoms. The zero-order valence-corrected chi connectivity index (χ0v) is 24.5. The van der Waals surface area contributed by atoms with Crippen LogP contribution in [0.25, 0.3) is 0 Å². The predicted octanol–water partition coefficient (Wildman–Crippen LogP) is 2.93. The summed E-state index contributed by atoms with van der Waals surface area (Å²) in [5, 5.41) is 6.34. The van der Waals surface area contributed by atoms with E-state index in [1.165, 1.54) is 12.0 Å². The molecule has 1 saturated carbocycles. The van der Waals surface area contributed by atoms with Crippen LogP contribution in [0.2, 0.25) is 0 Å². The molecule has 4 fully saturated rings. The maximum absolute atomic E-state index is 14.2. The van der Waals surface area contributed by atoms with Gasteiger partial charge in [-0.05, 0) is 42.4 Å². The Morgan fingerprint density at radius 2 is 1.78 bits per heavy atom. The zero-order chi connectivity index (χ0) is 28.7. The van der Waals surface area contributed by atoms with Crippen LogP contribution in [-0.2, 0) is 23.9 Å². The minimum atomic E-state index is -1.14. The molecule has 0 unspecified atom stereocenters. The van der Waals surface area contributed by atoms with Crippen LogP contribution in [0.1, 0.15) is 57.9 Å². The highest BCUT2D eigenvalue weighted by molar-refractivity contribution is 6.02. The number of fused-ring (bicyclic) bond motifs is 1. The van der Waals surface area contributed by atoms with Gasteiger partial charge in [-0.3, -0.25) is 19.3 Å². The molecule has 9 nitrogen and oxygen atoms in total. The number of ether oxygens (including phenoxy) is 2. The minimum absolute atomic E-state index is 0.0818. The van der Waals surface area contributed by atoms with Gasteiger partial charge in [0.1, 0.15) is 11.6 Å². The van der Waals surface area contributed by atoms with Gasteiger partial charge >= 0.3 is 0 Å². The summed E-state index contributed by atoms with van der Waals surface area (Å²) in [6.07, 6.45) is 7.53. The lowest BCUT2D eigenvalue weighted by Gasteiger charge is -2.36. The molecule has 4 heterocycles. The summed E-state index contributed by atoms with van der Waals surface area (Å²) >= 11 is 0. The van der Waals surface area contributed by atoms with E-state index in [1.54, 1.807) is 4.90 Å². The summed E-state index contributed by atoms with van der Waals surface area (Å²) in [6, 6.07) is 7.11. The SMILES string of the molecule is CC(C)c1ccc(NC(=O)[C@@H]2[C@@H]3C=C[C@]4(O3)[C@@H]2C(=O)N(CCN2CCOCC2)[C@H]4C(=O)N[C@@H]2CCCC[C@@H]2C)cc1. The third-order valence-corrected chi connectivity index (χ3v) is 9.97. The number of hydrogen-bond donors (Lipinski definition) is 2. The number of nitrogens with zero attached hydrogens (tertiary/aromatic N) is 2. The number of rotatable bonds is 8. The summed E-state index contributed by atoms with van der Waals surface area (Å²) in [4.78, 5) is 46.0. The molecule has 6 rings (SSSR count). The van der Waals surface area contributed by atoms with E-state index >= 15 is 0 Å². The molecule has 4 aliphatic heterocycles. The van der Waals surface area contributed by atoms with E-state index in [9.17, 15) is 14.4 Å². The summed E-state index contributed by atoms with van der Waals surface area (Å²) in [6.45, 7) is 10.4. The lowest BCUT2D eigenvalue weighted by molar-refractivity contribution is -0.142. The second-order valence-electron chi connectivity index (χ2n) is 12.8. The van der Waals surface area contributed by atoms with Crippen LogP contribution in [0.3, 0.4) is 0 Å². The third-order valence-electron chi connectivity index (χ3n) is 9.97. The van der Waals surface area contributed by atoms with Gasteiger partial charge in [-0.25, -0.2) is 0 Å². The second-order valence-corrected chi connectivity index (χ2v) is 12.8. The Hall–Kier alpha value is -2.75. The number of hydrogen-bond acceptors (Lipinski definition) is 6. The van der Waals surface area contributed by atoms with Crippen LogP contribution in [0.5, 0.6) is 0 Å². The van der Waals surface area contributed by atoms with E-state index in [-0.39, 0.29) is 23.8 Å². The van der Waals surface area contributed by atoms with Gasteiger partial charge in [0.05, 0.1) is 31.2 Å². The quantitative estimate of drug-likeness (QED) is 0.471. The normalized spacial score (nSPS) is 34.7. The molecule has 9 heteroatoms. The number of benzene rings is 1. The summed E-state index contributed by atoms with van der Waals surface area (Å²) < 4.78 is 12.0. The van der Waals surface area contributed by atoms with Crippen molar-refractivity contribution < 1.29 is 23.9 Å². The van der Waals surface area contributed by atoms with Crippen LogP contribution in [0.15, 0.2) is 36.4 Å². The van der Waals surface area contributed by atoms with Crippen molar-refractivity contribution in [1.29, 1.82) is 0 Å². The summed E-state index contributed by atoms with van der Waals surface area (Å²) in [7, 11) is 0. The average Bonchev–Trinajstić information content (AvgIpc) is 3.61. The van der Waals surface area contributed by atoms with E-state index in [1.807, 2.05) is 36.4 Å².